The lowest BCUT2D eigenvalue weighted by atomic mass is 10.1. The number of para-hydroxylation sites is 1. The summed E-state index contributed by atoms with van der Waals surface area (Å²) >= 11 is 0. The Morgan fingerprint density at radius 1 is 1.29 bits per heavy atom. The van der Waals surface area contributed by atoms with Crippen molar-refractivity contribution in [1.82, 2.24) is 9.78 Å². The summed E-state index contributed by atoms with van der Waals surface area (Å²) in [6.45, 7) is 5.55. The maximum atomic E-state index is 11.6. The third-order valence-electron chi connectivity index (χ3n) is 2.88. The van der Waals surface area contributed by atoms with E-state index in [-0.39, 0.29) is 5.78 Å². The van der Waals surface area contributed by atoms with Crippen LogP contribution in [0.3, 0.4) is 0 Å². The third-order valence-corrected chi connectivity index (χ3v) is 2.88. The molecule has 0 radical (unpaired) electrons. The van der Waals surface area contributed by atoms with Crippen LogP contribution in [0, 0.1) is 6.92 Å². The first-order valence-corrected chi connectivity index (χ1v) is 5.80. The summed E-state index contributed by atoms with van der Waals surface area (Å²) < 4.78 is 1.84. The van der Waals surface area contributed by atoms with Crippen molar-refractivity contribution >= 4 is 5.78 Å². The van der Waals surface area contributed by atoms with E-state index in [9.17, 15) is 4.79 Å². The summed E-state index contributed by atoms with van der Waals surface area (Å²) in [5.41, 5.74) is 3.54. The Labute approximate surface area is 101 Å². The highest BCUT2D eigenvalue weighted by Gasteiger charge is 2.17. The summed E-state index contributed by atoms with van der Waals surface area (Å²) in [5.74, 6) is 0.0848. The molecule has 0 bridgehead atoms. The molecule has 1 aromatic heterocycles. The standard InChI is InChI=1S/C14H16N2O/c1-4-13-14(11(3)17)10(2)16(15-13)12-8-6-5-7-9-12/h5-9H,4H2,1-3H3. The molecule has 0 spiro atoms. The molecule has 0 saturated heterocycles. The number of carbonyl (C=O) groups excluding carboxylic acids is 1. The van der Waals surface area contributed by atoms with Gasteiger partial charge in [-0.2, -0.15) is 5.10 Å². The predicted molar refractivity (Wildman–Crippen MR) is 67.7 cm³/mol. The van der Waals surface area contributed by atoms with E-state index in [2.05, 4.69) is 5.10 Å². The van der Waals surface area contributed by atoms with E-state index in [4.69, 9.17) is 0 Å². The number of Topliss-reactive ketones (excluding diaryl/α,β-unsaturated/α-hetero) is 1. The topological polar surface area (TPSA) is 34.9 Å². The number of aryl methyl sites for hydroxylation is 1. The first-order chi connectivity index (χ1) is 8.15. The van der Waals surface area contributed by atoms with Gasteiger partial charge in [0.1, 0.15) is 0 Å². The number of ketones is 1. The Bertz CT molecular complexity index is 541. The summed E-state index contributed by atoms with van der Waals surface area (Å²) in [7, 11) is 0. The molecule has 0 atom stereocenters. The molecular weight excluding hydrogens is 212 g/mol. The number of benzene rings is 1. The van der Waals surface area contributed by atoms with Gasteiger partial charge in [0.05, 0.1) is 22.6 Å². The molecular formula is C14H16N2O. The first-order valence-electron chi connectivity index (χ1n) is 5.80. The van der Waals surface area contributed by atoms with Crippen LogP contribution in [0.25, 0.3) is 5.69 Å². The number of nitrogens with zero attached hydrogens (tertiary/aromatic N) is 2. The molecule has 2 rings (SSSR count). The van der Waals surface area contributed by atoms with Gasteiger partial charge < -0.3 is 0 Å². The molecule has 3 nitrogen and oxygen atoms in total. The summed E-state index contributed by atoms with van der Waals surface area (Å²) in [4.78, 5) is 11.6. The number of hydrogen-bond acceptors (Lipinski definition) is 2. The predicted octanol–water partition coefficient (Wildman–Crippen LogP) is 2.95. The van der Waals surface area contributed by atoms with Gasteiger partial charge in [-0.05, 0) is 32.4 Å². The lowest BCUT2D eigenvalue weighted by molar-refractivity contribution is 0.101. The largest absolute Gasteiger partial charge is 0.294 e. The van der Waals surface area contributed by atoms with Crippen LogP contribution in [0.4, 0.5) is 0 Å². The average Bonchev–Trinajstić information content (AvgIpc) is 2.67. The fourth-order valence-electron chi connectivity index (χ4n) is 2.09. The number of hydrogen-bond donors (Lipinski definition) is 0. The van der Waals surface area contributed by atoms with E-state index in [0.717, 1.165) is 29.1 Å². The van der Waals surface area contributed by atoms with Crippen molar-refractivity contribution in [3.05, 3.63) is 47.3 Å². The number of rotatable bonds is 3. The van der Waals surface area contributed by atoms with E-state index < -0.39 is 0 Å². The van der Waals surface area contributed by atoms with E-state index in [0.29, 0.717) is 0 Å². The van der Waals surface area contributed by atoms with Crippen molar-refractivity contribution in [3.63, 3.8) is 0 Å². The molecule has 0 aliphatic rings. The van der Waals surface area contributed by atoms with Gasteiger partial charge in [-0.25, -0.2) is 4.68 Å². The normalized spacial score (nSPS) is 10.5. The zero-order valence-electron chi connectivity index (χ0n) is 10.4. The van der Waals surface area contributed by atoms with E-state index in [1.165, 1.54) is 0 Å². The van der Waals surface area contributed by atoms with E-state index in [1.807, 2.05) is 48.9 Å². The first kappa shape index (κ1) is 11.6. The molecule has 2 aromatic rings. The van der Waals surface area contributed by atoms with E-state index >= 15 is 0 Å². The second-order valence-corrected chi connectivity index (χ2v) is 4.06. The van der Waals surface area contributed by atoms with Crippen LogP contribution < -0.4 is 0 Å². The van der Waals surface area contributed by atoms with Crippen LogP contribution in [0.2, 0.25) is 0 Å². The smallest absolute Gasteiger partial charge is 0.163 e. The van der Waals surface area contributed by atoms with Crippen molar-refractivity contribution in [3.8, 4) is 5.69 Å². The van der Waals surface area contributed by atoms with Crippen LogP contribution in [-0.2, 0) is 6.42 Å². The molecule has 0 fully saturated rings. The van der Waals surface area contributed by atoms with Crippen molar-refractivity contribution in [2.75, 3.05) is 0 Å². The van der Waals surface area contributed by atoms with Gasteiger partial charge in [0, 0.05) is 0 Å². The maximum Gasteiger partial charge on any atom is 0.163 e. The van der Waals surface area contributed by atoms with Gasteiger partial charge in [0.2, 0.25) is 0 Å². The Kier molecular flexibility index (Phi) is 3.09. The molecule has 0 N–H and O–H groups in total. The molecule has 0 amide bonds. The fraction of sp³-hybridized carbons (Fsp3) is 0.286. The fourth-order valence-corrected chi connectivity index (χ4v) is 2.09. The monoisotopic (exact) mass is 228 g/mol. The SMILES string of the molecule is CCc1nn(-c2ccccc2)c(C)c1C(C)=O. The zero-order valence-corrected chi connectivity index (χ0v) is 10.4. The van der Waals surface area contributed by atoms with Gasteiger partial charge in [-0.3, -0.25) is 4.79 Å². The van der Waals surface area contributed by atoms with Gasteiger partial charge in [0.25, 0.3) is 0 Å². The molecule has 0 aliphatic carbocycles. The van der Waals surface area contributed by atoms with Crippen LogP contribution in [0.15, 0.2) is 30.3 Å². The Hall–Kier alpha value is -1.90. The van der Waals surface area contributed by atoms with Crippen LogP contribution in [0.1, 0.15) is 35.6 Å². The summed E-state index contributed by atoms with van der Waals surface area (Å²) in [6, 6.07) is 9.88. The second kappa shape index (κ2) is 4.53. The highest BCUT2D eigenvalue weighted by molar-refractivity contribution is 5.96. The highest BCUT2D eigenvalue weighted by atomic mass is 16.1. The minimum atomic E-state index is 0.0848. The van der Waals surface area contributed by atoms with Crippen molar-refractivity contribution < 1.29 is 4.79 Å². The molecule has 1 aromatic carbocycles. The van der Waals surface area contributed by atoms with Crippen molar-refractivity contribution in [2.45, 2.75) is 27.2 Å². The molecule has 1 heterocycles. The summed E-state index contributed by atoms with van der Waals surface area (Å²) in [5, 5.41) is 4.52. The lowest BCUT2D eigenvalue weighted by Gasteiger charge is -2.03. The maximum absolute atomic E-state index is 11.6. The van der Waals surface area contributed by atoms with Gasteiger partial charge in [-0.1, -0.05) is 25.1 Å². The quantitative estimate of drug-likeness (QED) is 0.757. The van der Waals surface area contributed by atoms with Crippen LogP contribution >= 0.6 is 0 Å². The average molecular weight is 228 g/mol. The van der Waals surface area contributed by atoms with Crippen molar-refractivity contribution in [2.24, 2.45) is 0 Å². The van der Waals surface area contributed by atoms with Crippen molar-refractivity contribution in [1.29, 1.82) is 0 Å². The molecule has 0 unspecified atom stereocenters. The zero-order chi connectivity index (χ0) is 12.4. The molecule has 0 saturated carbocycles. The Morgan fingerprint density at radius 3 is 2.41 bits per heavy atom. The van der Waals surface area contributed by atoms with Gasteiger partial charge >= 0.3 is 0 Å². The lowest BCUT2D eigenvalue weighted by Crippen LogP contribution is -2.00. The number of carbonyl (C=O) groups is 1. The molecule has 17 heavy (non-hydrogen) atoms. The van der Waals surface area contributed by atoms with Gasteiger partial charge in [0.15, 0.2) is 5.78 Å². The minimum absolute atomic E-state index is 0.0848. The Morgan fingerprint density at radius 2 is 1.94 bits per heavy atom. The van der Waals surface area contributed by atoms with Crippen LogP contribution in [-0.4, -0.2) is 15.6 Å². The van der Waals surface area contributed by atoms with Crippen LogP contribution in [0.5, 0.6) is 0 Å². The molecule has 3 heteroatoms. The summed E-state index contributed by atoms with van der Waals surface area (Å²) in [6.07, 6.45) is 0.773. The van der Waals surface area contributed by atoms with E-state index in [1.54, 1.807) is 6.92 Å². The van der Waals surface area contributed by atoms with Gasteiger partial charge in [-0.15, -0.1) is 0 Å². The number of aromatic nitrogens is 2. The second-order valence-electron chi connectivity index (χ2n) is 4.06. The Balaban J connectivity index is 2.61. The minimum Gasteiger partial charge on any atom is -0.294 e. The third kappa shape index (κ3) is 2.00. The highest BCUT2D eigenvalue weighted by Crippen LogP contribution is 2.19. The molecule has 88 valence electrons. The molecule has 0 aliphatic heterocycles.